The van der Waals surface area contributed by atoms with Crippen molar-refractivity contribution in [2.75, 3.05) is 20.2 Å². The van der Waals surface area contributed by atoms with Gasteiger partial charge in [-0.15, -0.1) is 0 Å². The molecule has 6 nitrogen and oxygen atoms in total. The molecule has 2 rings (SSSR count). The van der Waals surface area contributed by atoms with Crippen molar-refractivity contribution >= 4 is 15.9 Å². The van der Waals surface area contributed by atoms with Gasteiger partial charge < -0.3 is 10.1 Å². The van der Waals surface area contributed by atoms with Crippen molar-refractivity contribution in [3.05, 3.63) is 58.7 Å². The number of ether oxygens (including phenoxy) is 1. The molecule has 2 aromatic rings. The molecule has 0 aromatic heterocycles. The van der Waals surface area contributed by atoms with E-state index < -0.39 is 27.7 Å². The Labute approximate surface area is 167 Å². The number of amides is 1. The number of sulfonamides is 1. The van der Waals surface area contributed by atoms with Gasteiger partial charge >= 0.3 is 6.18 Å². The number of benzene rings is 2. The van der Waals surface area contributed by atoms with E-state index in [0.717, 1.165) is 12.1 Å². The van der Waals surface area contributed by atoms with Crippen LogP contribution in [-0.4, -0.2) is 34.5 Å². The SMILES string of the molecule is CNS(=O)(=O)c1cc(C(=O)NCCOc2ccc(C(F)(F)F)cc2)cc(C)c1C. The van der Waals surface area contributed by atoms with Gasteiger partial charge in [-0.2, -0.15) is 13.2 Å². The summed E-state index contributed by atoms with van der Waals surface area (Å²) < 4.78 is 69.3. The summed E-state index contributed by atoms with van der Waals surface area (Å²) >= 11 is 0. The number of aryl methyl sites for hydroxylation is 1. The van der Waals surface area contributed by atoms with Gasteiger partial charge in [-0.05, 0) is 68.4 Å². The molecule has 0 bridgehead atoms. The first-order valence-electron chi connectivity index (χ1n) is 8.59. The summed E-state index contributed by atoms with van der Waals surface area (Å²) in [6.45, 7) is 3.47. The highest BCUT2D eigenvalue weighted by atomic mass is 32.2. The zero-order valence-corrected chi connectivity index (χ0v) is 16.9. The van der Waals surface area contributed by atoms with Gasteiger partial charge in [0, 0.05) is 5.56 Å². The summed E-state index contributed by atoms with van der Waals surface area (Å²) in [5.74, 6) is -0.252. The quantitative estimate of drug-likeness (QED) is 0.662. The summed E-state index contributed by atoms with van der Waals surface area (Å²) in [5, 5.41) is 2.59. The summed E-state index contributed by atoms with van der Waals surface area (Å²) in [7, 11) is -2.43. The number of rotatable bonds is 7. The van der Waals surface area contributed by atoms with Crippen molar-refractivity contribution in [3.8, 4) is 5.75 Å². The van der Waals surface area contributed by atoms with Gasteiger partial charge in [0.05, 0.1) is 17.0 Å². The Hall–Kier alpha value is -2.59. The van der Waals surface area contributed by atoms with E-state index in [-0.39, 0.29) is 29.4 Å². The number of hydrogen-bond donors (Lipinski definition) is 2. The highest BCUT2D eigenvalue weighted by molar-refractivity contribution is 7.89. The Morgan fingerprint density at radius 2 is 1.72 bits per heavy atom. The minimum Gasteiger partial charge on any atom is -0.492 e. The van der Waals surface area contributed by atoms with Crippen LogP contribution in [0.15, 0.2) is 41.3 Å². The minimum atomic E-state index is -4.42. The fourth-order valence-corrected chi connectivity index (χ4v) is 3.59. The molecule has 29 heavy (non-hydrogen) atoms. The monoisotopic (exact) mass is 430 g/mol. The molecular formula is C19H21F3N2O4S. The third-order valence-electron chi connectivity index (χ3n) is 4.28. The minimum absolute atomic E-state index is 0.0196. The first-order valence-corrected chi connectivity index (χ1v) is 10.1. The van der Waals surface area contributed by atoms with E-state index in [1.54, 1.807) is 19.9 Å². The van der Waals surface area contributed by atoms with Gasteiger partial charge in [-0.3, -0.25) is 4.79 Å². The van der Waals surface area contributed by atoms with Crippen LogP contribution in [0.25, 0.3) is 0 Å². The second-order valence-electron chi connectivity index (χ2n) is 6.25. The molecule has 0 aliphatic heterocycles. The normalized spacial score (nSPS) is 11.9. The Bertz CT molecular complexity index is 988. The largest absolute Gasteiger partial charge is 0.492 e. The molecule has 0 radical (unpaired) electrons. The third kappa shape index (κ3) is 5.70. The summed E-state index contributed by atoms with van der Waals surface area (Å²) in [5.41, 5.74) is 0.589. The Kier molecular flexibility index (Phi) is 6.91. The molecule has 2 N–H and O–H groups in total. The van der Waals surface area contributed by atoms with Crippen molar-refractivity contribution in [1.82, 2.24) is 10.0 Å². The van der Waals surface area contributed by atoms with Gasteiger partial charge in [-0.25, -0.2) is 13.1 Å². The van der Waals surface area contributed by atoms with E-state index in [0.29, 0.717) is 11.1 Å². The van der Waals surface area contributed by atoms with Gasteiger partial charge in [0.15, 0.2) is 0 Å². The van der Waals surface area contributed by atoms with Crippen molar-refractivity contribution < 1.29 is 31.1 Å². The maximum atomic E-state index is 12.5. The number of carbonyl (C=O) groups is 1. The lowest BCUT2D eigenvalue weighted by Gasteiger charge is -2.13. The number of nitrogens with one attached hydrogen (secondary N) is 2. The van der Waals surface area contributed by atoms with Crippen LogP contribution in [0.2, 0.25) is 0 Å². The topological polar surface area (TPSA) is 84.5 Å². The molecule has 10 heteroatoms. The molecule has 0 unspecified atom stereocenters. The highest BCUT2D eigenvalue weighted by Gasteiger charge is 2.30. The van der Waals surface area contributed by atoms with Crippen LogP contribution >= 0.6 is 0 Å². The van der Waals surface area contributed by atoms with E-state index in [4.69, 9.17) is 4.74 Å². The summed E-state index contributed by atoms with van der Waals surface area (Å²) in [6.07, 6.45) is -4.42. The number of halogens is 3. The van der Waals surface area contributed by atoms with E-state index in [2.05, 4.69) is 10.0 Å². The van der Waals surface area contributed by atoms with Crippen molar-refractivity contribution in [1.29, 1.82) is 0 Å². The molecule has 0 atom stereocenters. The van der Waals surface area contributed by atoms with Crippen LogP contribution in [0, 0.1) is 13.8 Å². The van der Waals surface area contributed by atoms with E-state index >= 15 is 0 Å². The zero-order valence-electron chi connectivity index (χ0n) is 16.1. The van der Waals surface area contributed by atoms with Crippen LogP contribution in [0.3, 0.4) is 0 Å². The van der Waals surface area contributed by atoms with Crippen molar-refractivity contribution in [2.24, 2.45) is 0 Å². The fourth-order valence-electron chi connectivity index (χ4n) is 2.52. The lowest BCUT2D eigenvalue weighted by Crippen LogP contribution is -2.29. The molecule has 0 fully saturated rings. The number of hydrogen-bond acceptors (Lipinski definition) is 4. The smallest absolute Gasteiger partial charge is 0.416 e. The first kappa shape index (κ1) is 22.7. The summed E-state index contributed by atoms with van der Waals surface area (Å²) in [6, 6.07) is 7.08. The van der Waals surface area contributed by atoms with E-state index in [9.17, 15) is 26.4 Å². The summed E-state index contributed by atoms with van der Waals surface area (Å²) in [4.78, 5) is 12.4. The van der Waals surface area contributed by atoms with Crippen LogP contribution in [-0.2, 0) is 16.2 Å². The molecule has 0 heterocycles. The van der Waals surface area contributed by atoms with E-state index in [1.807, 2.05) is 0 Å². The Morgan fingerprint density at radius 1 is 1.10 bits per heavy atom. The Morgan fingerprint density at radius 3 is 2.28 bits per heavy atom. The third-order valence-corrected chi connectivity index (χ3v) is 5.82. The number of alkyl halides is 3. The van der Waals surface area contributed by atoms with Crippen LogP contribution in [0.4, 0.5) is 13.2 Å². The molecule has 0 spiro atoms. The number of carbonyl (C=O) groups excluding carboxylic acids is 1. The van der Waals surface area contributed by atoms with E-state index in [1.165, 1.54) is 25.2 Å². The standard InChI is InChI=1S/C19H21F3N2O4S/c1-12-10-14(11-17(13(12)2)29(26,27)23-3)18(25)24-8-9-28-16-6-4-15(5-7-16)19(20,21)22/h4-7,10-11,23H,8-9H2,1-3H3,(H,24,25). The van der Waals surface area contributed by atoms with Crippen LogP contribution in [0.1, 0.15) is 27.0 Å². The van der Waals surface area contributed by atoms with Gasteiger partial charge in [-0.1, -0.05) is 0 Å². The van der Waals surface area contributed by atoms with Gasteiger partial charge in [0.25, 0.3) is 5.91 Å². The van der Waals surface area contributed by atoms with Crippen molar-refractivity contribution in [2.45, 2.75) is 24.9 Å². The van der Waals surface area contributed by atoms with Crippen LogP contribution < -0.4 is 14.8 Å². The average Bonchev–Trinajstić information content (AvgIpc) is 2.66. The second kappa shape index (κ2) is 8.83. The predicted molar refractivity (Wildman–Crippen MR) is 101 cm³/mol. The second-order valence-corrected chi connectivity index (χ2v) is 8.11. The molecule has 0 saturated carbocycles. The van der Waals surface area contributed by atoms with Gasteiger partial charge in [0.1, 0.15) is 12.4 Å². The predicted octanol–water partition coefficient (Wildman–Crippen LogP) is 3.04. The molecule has 1 amide bonds. The fraction of sp³-hybridized carbons (Fsp3) is 0.316. The highest BCUT2D eigenvalue weighted by Crippen LogP contribution is 2.30. The lowest BCUT2D eigenvalue weighted by atomic mass is 10.1. The molecular weight excluding hydrogens is 409 g/mol. The Balaban J connectivity index is 1.98. The zero-order chi connectivity index (χ0) is 21.8. The molecule has 0 saturated heterocycles. The molecule has 158 valence electrons. The lowest BCUT2D eigenvalue weighted by molar-refractivity contribution is -0.137. The average molecular weight is 430 g/mol. The maximum Gasteiger partial charge on any atom is 0.416 e. The van der Waals surface area contributed by atoms with Crippen LogP contribution in [0.5, 0.6) is 5.75 Å². The maximum absolute atomic E-state index is 12.5. The van der Waals surface area contributed by atoms with Crippen molar-refractivity contribution in [3.63, 3.8) is 0 Å². The molecule has 0 aliphatic carbocycles. The molecule has 0 aliphatic rings. The molecule has 2 aromatic carbocycles. The van der Waals surface area contributed by atoms with Gasteiger partial charge in [0.2, 0.25) is 10.0 Å². The first-order chi connectivity index (χ1) is 13.5.